The minimum Gasteiger partial charge on any atom is -0.497 e. The number of nitrogens with zero attached hydrogens (tertiary/aromatic N) is 2. The molecule has 6 nitrogen and oxygen atoms in total. The molecule has 1 aliphatic rings. The Balaban J connectivity index is 1.64. The monoisotopic (exact) mass is 460 g/mol. The summed E-state index contributed by atoms with van der Waals surface area (Å²) in [4.78, 5) is 19.7. The standard InChI is InChI=1S/C26H24N2O4S/c1-30-21-11-7-18(8-12-21)15-24-25(29)28(20-5-4-6-23(16-20)32-3)26(27-24)33-17-19-9-13-22(31-2)14-10-19/h4-16H,17H2,1-3H3/b24-15-. The van der Waals surface area contributed by atoms with Crippen LogP contribution in [0, 0.1) is 0 Å². The zero-order chi connectivity index (χ0) is 23.2. The zero-order valence-corrected chi connectivity index (χ0v) is 19.5. The number of rotatable bonds is 7. The van der Waals surface area contributed by atoms with E-state index in [0.717, 1.165) is 22.6 Å². The SMILES string of the molecule is COc1ccc(/C=C2\N=C(SCc3ccc(OC)cc3)N(c3cccc(OC)c3)C2=O)cc1. The first-order valence-electron chi connectivity index (χ1n) is 10.3. The molecule has 0 fully saturated rings. The summed E-state index contributed by atoms with van der Waals surface area (Å²) in [5.74, 6) is 2.71. The molecule has 0 bridgehead atoms. The van der Waals surface area contributed by atoms with Gasteiger partial charge >= 0.3 is 0 Å². The summed E-state index contributed by atoms with van der Waals surface area (Å²) in [5, 5.41) is 0.615. The van der Waals surface area contributed by atoms with Gasteiger partial charge in [-0.2, -0.15) is 0 Å². The molecule has 0 radical (unpaired) electrons. The number of benzene rings is 3. The highest BCUT2D eigenvalue weighted by Crippen LogP contribution is 2.32. The van der Waals surface area contributed by atoms with Crippen molar-refractivity contribution in [1.82, 2.24) is 0 Å². The lowest BCUT2D eigenvalue weighted by Gasteiger charge is -2.18. The van der Waals surface area contributed by atoms with E-state index in [2.05, 4.69) is 4.99 Å². The first-order chi connectivity index (χ1) is 16.1. The average molecular weight is 461 g/mol. The maximum absolute atomic E-state index is 13.4. The van der Waals surface area contributed by atoms with Crippen LogP contribution in [0.4, 0.5) is 5.69 Å². The number of aliphatic imine (C=N–C) groups is 1. The predicted molar refractivity (Wildman–Crippen MR) is 133 cm³/mol. The van der Waals surface area contributed by atoms with Crippen molar-refractivity contribution >= 4 is 34.6 Å². The number of carbonyl (C=O) groups is 1. The van der Waals surface area contributed by atoms with E-state index < -0.39 is 0 Å². The van der Waals surface area contributed by atoms with Crippen molar-refractivity contribution in [3.8, 4) is 17.2 Å². The molecule has 1 aliphatic heterocycles. The molecule has 3 aromatic rings. The Labute approximate surface area is 197 Å². The largest absolute Gasteiger partial charge is 0.497 e. The van der Waals surface area contributed by atoms with Crippen molar-refractivity contribution in [3.63, 3.8) is 0 Å². The molecule has 0 N–H and O–H groups in total. The molecule has 0 spiro atoms. The number of ether oxygens (including phenoxy) is 3. The third-order valence-electron chi connectivity index (χ3n) is 5.09. The molecule has 0 saturated carbocycles. The van der Waals surface area contributed by atoms with E-state index in [1.807, 2.05) is 72.8 Å². The van der Waals surface area contributed by atoms with Gasteiger partial charge in [0.1, 0.15) is 22.9 Å². The van der Waals surface area contributed by atoms with E-state index in [0.29, 0.717) is 28.1 Å². The van der Waals surface area contributed by atoms with Crippen LogP contribution in [-0.4, -0.2) is 32.4 Å². The summed E-state index contributed by atoms with van der Waals surface area (Å²) < 4.78 is 15.8. The summed E-state index contributed by atoms with van der Waals surface area (Å²) in [6.45, 7) is 0. The van der Waals surface area contributed by atoms with Crippen LogP contribution in [0.1, 0.15) is 11.1 Å². The summed E-state index contributed by atoms with van der Waals surface area (Å²) in [6.07, 6.45) is 1.79. The Hall–Kier alpha value is -3.71. The van der Waals surface area contributed by atoms with Crippen LogP contribution in [0.15, 0.2) is 83.5 Å². The van der Waals surface area contributed by atoms with Gasteiger partial charge in [0.15, 0.2) is 5.17 Å². The number of hydrogen-bond acceptors (Lipinski definition) is 6. The fraction of sp³-hybridized carbons (Fsp3) is 0.154. The quantitative estimate of drug-likeness (QED) is 0.443. The van der Waals surface area contributed by atoms with Crippen LogP contribution in [0.2, 0.25) is 0 Å². The van der Waals surface area contributed by atoms with Crippen LogP contribution in [-0.2, 0) is 10.5 Å². The third kappa shape index (κ3) is 5.21. The van der Waals surface area contributed by atoms with Crippen LogP contribution in [0.25, 0.3) is 6.08 Å². The van der Waals surface area contributed by atoms with Crippen molar-refractivity contribution in [3.05, 3.63) is 89.6 Å². The lowest BCUT2D eigenvalue weighted by Crippen LogP contribution is -2.30. The number of amidine groups is 1. The molecule has 33 heavy (non-hydrogen) atoms. The highest BCUT2D eigenvalue weighted by Gasteiger charge is 2.32. The molecular weight excluding hydrogens is 436 g/mol. The lowest BCUT2D eigenvalue weighted by atomic mass is 10.2. The fourth-order valence-electron chi connectivity index (χ4n) is 3.30. The average Bonchev–Trinajstić information content (AvgIpc) is 3.18. The molecule has 0 aromatic heterocycles. The number of anilines is 1. The number of methoxy groups -OCH3 is 3. The van der Waals surface area contributed by atoms with Crippen molar-refractivity contribution in [2.75, 3.05) is 26.2 Å². The summed E-state index contributed by atoms with van der Waals surface area (Å²) in [6, 6.07) is 22.8. The molecule has 4 rings (SSSR count). The third-order valence-corrected chi connectivity index (χ3v) is 6.10. The van der Waals surface area contributed by atoms with Gasteiger partial charge in [-0.15, -0.1) is 0 Å². The zero-order valence-electron chi connectivity index (χ0n) is 18.6. The highest BCUT2D eigenvalue weighted by atomic mass is 32.2. The van der Waals surface area contributed by atoms with Crippen molar-refractivity contribution < 1.29 is 19.0 Å². The van der Waals surface area contributed by atoms with Gasteiger partial charge in [0.2, 0.25) is 0 Å². The molecule has 0 saturated heterocycles. The van der Waals surface area contributed by atoms with E-state index in [1.54, 1.807) is 32.3 Å². The predicted octanol–water partition coefficient (Wildman–Crippen LogP) is 5.39. The number of thioether (sulfide) groups is 1. The molecule has 0 aliphatic carbocycles. The molecule has 1 heterocycles. The Morgan fingerprint density at radius 2 is 1.48 bits per heavy atom. The van der Waals surface area contributed by atoms with Crippen LogP contribution in [0.3, 0.4) is 0 Å². The normalized spacial score (nSPS) is 14.4. The van der Waals surface area contributed by atoms with Gasteiger partial charge in [-0.25, -0.2) is 4.99 Å². The van der Waals surface area contributed by atoms with Crippen molar-refractivity contribution in [2.45, 2.75) is 5.75 Å². The maximum atomic E-state index is 13.4. The van der Waals surface area contributed by atoms with Gasteiger partial charge in [-0.3, -0.25) is 9.69 Å². The second-order valence-corrected chi connectivity index (χ2v) is 8.12. The Morgan fingerprint density at radius 1 is 0.848 bits per heavy atom. The highest BCUT2D eigenvalue weighted by molar-refractivity contribution is 8.13. The molecule has 0 unspecified atom stereocenters. The first kappa shape index (κ1) is 22.5. The second-order valence-electron chi connectivity index (χ2n) is 7.18. The van der Waals surface area contributed by atoms with E-state index in [9.17, 15) is 4.79 Å². The Morgan fingerprint density at radius 3 is 2.12 bits per heavy atom. The van der Waals surface area contributed by atoms with Gasteiger partial charge in [-0.05, 0) is 53.6 Å². The van der Waals surface area contributed by atoms with E-state index in [-0.39, 0.29) is 5.91 Å². The molecule has 3 aromatic carbocycles. The molecule has 1 amide bonds. The van der Waals surface area contributed by atoms with E-state index in [4.69, 9.17) is 14.2 Å². The molecule has 0 atom stereocenters. The smallest absolute Gasteiger partial charge is 0.283 e. The maximum Gasteiger partial charge on any atom is 0.283 e. The van der Waals surface area contributed by atoms with E-state index >= 15 is 0 Å². The lowest BCUT2D eigenvalue weighted by molar-refractivity contribution is -0.113. The molecule has 7 heteroatoms. The van der Waals surface area contributed by atoms with Gasteiger partial charge in [-0.1, -0.05) is 42.1 Å². The minimum atomic E-state index is -0.184. The summed E-state index contributed by atoms with van der Waals surface area (Å²) in [5.41, 5.74) is 3.06. The van der Waals surface area contributed by atoms with Crippen LogP contribution in [0.5, 0.6) is 17.2 Å². The van der Waals surface area contributed by atoms with Gasteiger partial charge < -0.3 is 14.2 Å². The number of hydrogen-bond donors (Lipinski definition) is 0. The van der Waals surface area contributed by atoms with Crippen LogP contribution >= 0.6 is 11.8 Å². The fourth-order valence-corrected chi connectivity index (χ4v) is 4.27. The number of amides is 1. The minimum absolute atomic E-state index is 0.184. The second kappa shape index (κ2) is 10.3. The van der Waals surface area contributed by atoms with Crippen molar-refractivity contribution in [2.24, 2.45) is 4.99 Å². The topological polar surface area (TPSA) is 60.4 Å². The summed E-state index contributed by atoms with van der Waals surface area (Å²) >= 11 is 1.50. The molecular formula is C26H24N2O4S. The Bertz CT molecular complexity index is 1190. The van der Waals surface area contributed by atoms with Crippen LogP contribution < -0.4 is 19.1 Å². The van der Waals surface area contributed by atoms with Crippen molar-refractivity contribution in [1.29, 1.82) is 0 Å². The first-order valence-corrected chi connectivity index (χ1v) is 11.3. The number of carbonyl (C=O) groups excluding carboxylic acids is 1. The Kier molecular flexibility index (Phi) is 7.00. The van der Waals surface area contributed by atoms with Gasteiger partial charge in [0.25, 0.3) is 5.91 Å². The summed E-state index contributed by atoms with van der Waals surface area (Å²) in [7, 11) is 4.87. The molecule has 168 valence electrons. The van der Waals surface area contributed by atoms with Gasteiger partial charge in [0, 0.05) is 11.8 Å². The van der Waals surface area contributed by atoms with E-state index in [1.165, 1.54) is 11.8 Å². The van der Waals surface area contributed by atoms with Gasteiger partial charge in [0.05, 0.1) is 27.0 Å².